The molecule has 0 saturated heterocycles. The third-order valence-electron chi connectivity index (χ3n) is 3.51. The van der Waals surface area contributed by atoms with Gasteiger partial charge in [0.05, 0.1) is 0 Å². The number of fused-ring (bicyclic) bond motifs is 1. The van der Waals surface area contributed by atoms with Gasteiger partial charge in [-0.2, -0.15) is 5.10 Å². The normalized spacial score (nSPS) is 15.0. The van der Waals surface area contributed by atoms with Gasteiger partial charge in [-0.3, -0.25) is 4.68 Å². The molecule has 2 aromatic rings. The summed E-state index contributed by atoms with van der Waals surface area (Å²) in [4.78, 5) is 4.22. The van der Waals surface area contributed by atoms with Crippen molar-refractivity contribution in [3.8, 4) is 11.5 Å². The van der Waals surface area contributed by atoms with Crippen LogP contribution < -0.4 is 14.8 Å². The minimum absolute atomic E-state index is 0.240. The van der Waals surface area contributed by atoms with Crippen LogP contribution in [0.5, 0.6) is 11.5 Å². The number of nitrogens with zero attached hydrogens (tertiary/aromatic N) is 3. The molecule has 3 rings (SSSR count). The average Bonchev–Trinajstić information content (AvgIpc) is 2.92. The van der Waals surface area contributed by atoms with Crippen LogP contribution in [0.2, 0.25) is 0 Å². The number of nitrogens with one attached hydrogen (secondary N) is 1. The highest BCUT2D eigenvalue weighted by molar-refractivity contribution is 5.44. The number of aryl methyl sites for hydroxylation is 1. The van der Waals surface area contributed by atoms with E-state index in [9.17, 15) is 0 Å². The maximum Gasteiger partial charge on any atom is 0.161 e. The molecule has 6 nitrogen and oxygen atoms in total. The van der Waals surface area contributed by atoms with Crippen molar-refractivity contribution >= 4 is 0 Å². The average molecular weight is 288 g/mol. The van der Waals surface area contributed by atoms with Gasteiger partial charge < -0.3 is 14.8 Å². The Morgan fingerprint density at radius 2 is 2.10 bits per heavy atom. The number of aromatic nitrogens is 3. The van der Waals surface area contributed by atoms with Gasteiger partial charge in [0.15, 0.2) is 17.3 Å². The second kappa shape index (κ2) is 6.13. The number of hydrogen-bond donors (Lipinski definition) is 1. The Morgan fingerprint density at radius 1 is 1.29 bits per heavy atom. The van der Waals surface area contributed by atoms with E-state index in [-0.39, 0.29) is 6.04 Å². The zero-order valence-electron chi connectivity index (χ0n) is 12.4. The number of rotatable bonds is 5. The van der Waals surface area contributed by atoms with Crippen LogP contribution in [0.3, 0.4) is 0 Å². The van der Waals surface area contributed by atoms with Gasteiger partial charge in [-0.25, -0.2) is 4.98 Å². The Bertz CT molecular complexity index is 611. The van der Waals surface area contributed by atoms with Crippen LogP contribution in [-0.2, 0) is 13.5 Å². The lowest BCUT2D eigenvalue weighted by Crippen LogP contribution is -2.22. The highest BCUT2D eigenvalue weighted by atomic mass is 16.6. The molecule has 6 heteroatoms. The van der Waals surface area contributed by atoms with E-state index < -0.39 is 0 Å². The summed E-state index contributed by atoms with van der Waals surface area (Å²) in [7, 11) is 1.88. The van der Waals surface area contributed by atoms with Gasteiger partial charge in [0.25, 0.3) is 0 Å². The molecule has 0 fully saturated rings. The van der Waals surface area contributed by atoms with E-state index in [0.29, 0.717) is 13.2 Å². The third kappa shape index (κ3) is 3.33. The van der Waals surface area contributed by atoms with E-state index in [4.69, 9.17) is 9.47 Å². The van der Waals surface area contributed by atoms with E-state index in [1.54, 1.807) is 11.0 Å². The molecule has 0 amide bonds. The van der Waals surface area contributed by atoms with Gasteiger partial charge in [-0.15, -0.1) is 0 Å². The molecule has 1 aromatic carbocycles. The van der Waals surface area contributed by atoms with Crippen molar-refractivity contribution in [2.24, 2.45) is 7.05 Å². The van der Waals surface area contributed by atoms with Crippen LogP contribution in [0, 0.1) is 0 Å². The highest BCUT2D eigenvalue weighted by Crippen LogP contribution is 2.32. The Kier molecular flexibility index (Phi) is 4.06. The van der Waals surface area contributed by atoms with Crippen molar-refractivity contribution in [2.45, 2.75) is 19.4 Å². The molecule has 1 unspecified atom stereocenters. The maximum absolute atomic E-state index is 5.62. The molecule has 1 atom stereocenters. The lowest BCUT2D eigenvalue weighted by molar-refractivity contribution is 0.171. The van der Waals surface area contributed by atoms with Crippen molar-refractivity contribution in [1.29, 1.82) is 0 Å². The second-order valence-electron chi connectivity index (χ2n) is 5.16. The fraction of sp³-hybridized carbons (Fsp3) is 0.467. The van der Waals surface area contributed by atoms with E-state index in [1.807, 2.05) is 19.2 Å². The Balaban J connectivity index is 1.56. The summed E-state index contributed by atoms with van der Waals surface area (Å²) >= 11 is 0. The van der Waals surface area contributed by atoms with Crippen LogP contribution in [0.1, 0.15) is 24.4 Å². The van der Waals surface area contributed by atoms with Crippen molar-refractivity contribution in [1.82, 2.24) is 20.1 Å². The largest absolute Gasteiger partial charge is 0.486 e. The topological polar surface area (TPSA) is 61.2 Å². The second-order valence-corrected chi connectivity index (χ2v) is 5.16. The van der Waals surface area contributed by atoms with Gasteiger partial charge in [0.2, 0.25) is 0 Å². The minimum Gasteiger partial charge on any atom is -0.486 e. The summed E-state index contributed by atoms with van der Waals surface area (Å²) in [6, 6.07) is 6.34. The molecular weight excluding hydrogens is 268 g/mol. The van der Waals surface area contributed by atoms with Crippen LogP contribution in [0.25, 0.3) is 0 Å². The van der Waals surface area contributed by atoms with Crippen molar-refractivity contribution in [2.75, 3.05) is 19.8 Å². The van der Waals surface area contributed by atoms with Crippen LogP contribution >= 0.6 is 0 Å². The smallest absolute Gasteiger partial charge is 0.161 e. The number of ether oxygens (including phenoxy) is 2. The molecule has 0 bridgehead atoms. The van der Waals surface area contributed by atoms with Crippen molar-refractivity contribution in [3.05, 3.63) is 35.9 Å². The van der Waals surface area contributed by atoms with Gasteiger partial charge in [-0.05, 0) is 24.6 Å². The first-order chi connectivity index (χ1) is 10.2. The molecule has 112 valence electrons. The highest BCUT2D eigenvalue weighted by Gasteiger charge is 2.14. The first kappa shape index (κ1) is 13.9. The monoisotopic (exact) mass is 288 g/mol. The molecule has 21 heavy (non-hydrogen) atoms. The predicted molar refractivity (Wildman–Crippen MR) is 78.6 cm³/mol. The van der Waals surface area contributed by atoms with Gasteiger partial charge in [0, 0.05) is 26.1 Å². The molecule has 2 heterocycles. The van der Waals surface area contributed by atoms with Gasteiger partial charge >= 0.3 is 0 Å². The Hall–Kier alpha value is -2.08. The standard InChI is InChI=1S/C15H20N4O2/c1-11(16-6-5-15-17-10-19(2)18-15)12-3-4-13-14(9-12)21-8-7-20-13/h3-4,9-11,16H,5-8H2,1-2H3. The van der Waals surface area contributed by atoms with Gasteiger partial charge in [0.1, 0.15) is 19.5 Å². The van der Waals surface area contributed by atoms with Crippen molar-refractivity contribution < 1.29 is 9.47 Å². The first-order valence-corrected chi connectivity index (χ1v) is 7.20. The molecule has 1 aliphatic heterocycles. The predicted octanol–water partition coefficient (Wildman–Crippen LogP) is 1.48. The third-order valence-corrected chi connectivity index (χ3v) is 3.51. The summed E-state index contributed by atoms with van der Waals surface area (Å²) < 4.78 is 12.9. The number of benzene rings is 1. The van der Waals surface area contributed by atoms with E-state index >= 15 is 0 Å². The molecule has 0 spiro atoms. The Labute approximate surface area is 124 Å². The zero-order chi connectivity index (χ0) is 14.7. The van der Waals surface area contributed by atoms with E-state index in [2.05, 4.69) is 28.4 Å². The van der Waals surface area contributed by atoms with E-state index in [1.165, 1.54) is 5.56 Å². The summed E-state index contributed by atoms with van der Waals surface area (Å²) in [5.74, 6) is 2.52. The van der Waals surface area contributed by atoms with Crippen LogP contribution in [0.4, 0.5) is 0 Å². The molecular formula is C15H20N4O2. The molecule has 1 N–H and O–H groups in total. The fourth-order valence-corrected chi connectivity index (χ4v) is 2.35. The fourth-order valence-electron chi connectivity index (χ4n) is 2.35. The Morgan fingerprint density at radius 3 is 2.86 bits per heavy atom. The molecule has 0 radical (unpaired) electrons. The summed E-state index contributed by atoms with van der Waals surface area (Å²) in [6.07, 6.45) is 2.54. The summed E-state index contributed by atoms with van der Waals surface area (Å²) in [5.41, 5.74) is 1.19. The van der Waals surface area contributed by atoms with Crippen LogP contribution in [0.15, 0.2) is 24.5 Å². The molecule has 1 aliphatic rings. The lowest BCUT2D eigenvalue weighted by atomic mass is 10.1. The lowest BCUT2D eigenvalue weighted by Gasteiger charge is -2.21. The maximum atomic E-state index is 5.62. The number of hydrogen-bond acceptors (Lipinski definition) is 5. The quantitative estimate of drug-likeness (QED) is 0.903. The molecule has 0 aliphatic carbocycles. The zero-order valence-corrected chi connectivity index (χ0v) is 12.4. The van der Waals surface area contributed by atoms with Gasteiger partial charge in [-0.1, -0.05) is 6.07 Å². The molecule has 1 aromatic heterocycles. The first-order valence-electron chi connectivity index (χ1n) is 7.20. The SMILES string of the molecule is CC(NCCc1ncn(C)n1)c1ccc2c(c1)OCCO2. The van der Waals surface area contributed by atoms with E-state index in [0.717, 1.165) is 30.3 Å². The van der Waals surface area contributed by atoms with Crippen LogP contribution in [-0.4, -0.2) is 34.5 Å². The minimum atomic E-state index is 0.240. The van der Waals surface area contributed by atoms with Crippen molar-refractivity contribution in [3.63, 3.8) is 0 Å². The molecule has 0 saturated carbocycles. The summed E-state index contributed by atoms with van der Waals surface area (Å²) in [6.45, 7) is 4.21. The summed E-state index contributed by atoms with van der Waals surface area (Å²) in [5, 5.41) is 7.74.